The van der Waals surface area contributed by atoms with Crippen LogP contribution in [0.4, 0.5) is 18.9 Å². The third-order valence-corrected chi connectivity index (χ3v) is 5.91. The topological polar surface area (TPSA) is 93.0 Å². The van der Waals surface area contributed by atoms with Crippen molar-refractivity contribution in [2.45, 2.75) is 6.18 Å². The van der Waals surface area contributed by atoms with Crippen LogP contribution in [0, 0.1) is 21.4 Å². The summed E-state index contributed by atoms with van der Waals surface area (Å²) >= 11 is 7.26. The zero-order valence-electron chi connectivity index (χ0n) is 16.8. The highest BCUT2D eigenvalue weighted by molar-refractivity contribution is 7.11. The molecule has 11 heteroatoms. The molecule has 4 aromatic rings. The van der Waals surface area contributed by atoms with Crippen molar-refractivity contribution in [3.05, 3.63) is 91.4 Å². The van der Waals surface area contributed by atoms with E-state index >= 15 is 0 Å². The summed E-state index contributed by atoms with van der Waals surface area (Å²) in [4.78, 5) is 14.7. The first-order valence-electron chi connectivity index (χ1n) is 9.45. The SMILES string of the molecule is N#C/C(=C\c1ccc(-c2cc(C(F)(F)F)ccc2Cl)o1)c1nc(-c2ccc([N+](=O)[O-])cc2)cs1. The van der Waals surface area contributed by atoms with E-state index in [2.05, 4.69) is 4.98 Å². The van der Waals surface area contributed by atoms with Crippen LogP contribution in [0.1, 0.15) is 16.3 Å². The molecule has 34 heavy (non-hydrogen) atoms. The molecule has 170 valence electrons. The number of nitriles is 1. The molecular formula is C23H11ClF3N3O3S. The highest BCUT2D eigenvalue weighted by atomic mass is 35.5. The second-order valence-electron chi connectivity index (χ2n) is 6.91. The monoisotopic (exact) mass is 501 g/mol. The van der Waals surface area contributed by atoms with Crippen LogP contribution in [0.3, 0.4) is 0 Å². The number of benzene rings is 2. The number of nitrogens with zero attached hydrogens (tertiary/aromatic N) is 3. The van der Waals surface area contributed by atoms with Crippen molar-refractivity contribution >= 4 is 40.3 Å². The standard InChI is InChI=1S/C23H11ClF3N3O3S/c24-19-7-3-15(23(25,26)27)10-18(19)21-8-6-17(33-21)9-14(11-28)22-29-20(12-34-22)13-1-4-16(5-2-13)30(31)32/h1-10,12H/b14-9+. The van der Waals surface area contributed by atoms with E-state index in [1.165, 1.54) is 41.7 Å². The van der Waals surface area contributed by atoms with Gasteiger partial charge in [0.15, 0.2) is 0 Å². The quantitative estimate of drug-likeness (QED) is 0.158. The van der Waals surface area contributed by atoms with E-state index in [-0.39, 0.29) is 33.4 Å². The molecule has 6 nitrogen and oxygen atoms in total. The molecule has 2 heterocycles. The summed E-state index contributed by atoms with van der Waals surface area (Å²) in [7, 11) is 0. The van der Waals surface area contributed by atoms with Crippen LogP contribution in [0.5, 0.6) is 0 Å². The lowest BCUT2D eigenvalue weighted by atomic mass is 10.1. The number of non-ortho nitro benzene ring substituents is 1. The third-order valence-electron chi connectivity index (χ3n) is 4.70. The number of allylic oxidation sites excluding steroid dienone is 1. The molecule has 0 amide bonds. The van der Waals surface area contributed by atoms with Gasteiger partial charge in [-0.05, 0) is 42.5 Å². The van der Waals surface area contributed by atoms with Crippen molar-refractivity contribution in [1.29, 1.82) is 5.26 Å². The molecule has 0 aliphatic rings. The molecule has 0 aliphatic carbocycles. The predicted octanol–water partition coefficient (Wildman–Crippen LogP) is 7.71. The van der Waals surface area contributed by atoms with Crippen molar-refractivity contribution in [3.63, 3.8) is 0 Å². The number of aromatic nitrogens is 1. The highest BCUT2D eigenvalue weighted by Gasteiger charge is 2.31. The van der Waals surface area contributed by atoms with E-state index in [1.807, 2.05) is 6.07 Å². The summed E-state index contributed by atoms with van der Waals surface area (Å²) in [5, 5.41) is 22.6. The fourth-order valence-electron chi connectivity index (χ4n) is 3.03. The van der Waals surface area contributed by atoms with Crippen molar-refractivity contribution in [1.82, 2.24) is 4.98 Å². The Labute approximate surface area is 199 Å². The van der Waals surface area contributed by atoms with Gasteiger partial charge in [-0.1, -0.05) is 11.6 Å². The van der Waals surface area contributed by atoms with E-state index in [4.69, 9.17) is 16.0 Å². The van der Waals surface area contributed by atoms with Crippen molar-refractivity contribution in [3.8, 4) is 28.7 Å². The molecule has 0 radical (unpaired) electrons. The Balaban J connectivity index is 1.62. The molecule has 0 unspecified atom stereocenters. The number of nitro groups is 1. The van der Waals surface area contributed by atoms with E-state index < -0.39 is 16.7 Å². The van der Waals surface area contributed by atoms with Gasteiger partial charge < -0.3 is 4.42 Å². The summed E-state index contributed by atoms with van der Waals surface area (Å²) in [5.41, 5.74) is 0.515. The lowest BCUT2D eigenvalue weighted by Gasteiger charge is -2.09. The summed E-state index contributed by atoms with van der Waals surface area (Å²) in [6.07, 6.45) is -3.11. The first kappa shape index (κ1) is 23.2. The zero-order chi connectivity index (χ0) is 24.5. The van der Waals surface area contributed by atoms with Gasteiger partial charge in [-0.2, -0.15) is 18.4 Å². The normalized spacial score (nSPS) is 11.9. The first-order chi connectivity index (χ1) is 16.2. The molecule has 0 saturated carbocycles. The number of nitro benzene ring substituents is 1. The maximum atomic E-state index is 13.1. The van der Waals surface area contributed by atoms with E-state index in [0.717, 1.165) is 18.2 Å². The lowest BCUT2D eigenvalue weighted by molar-refractivity contribution is -0.384. The van der Waals surface area contributed by atoms with Crippen molar-refractivity contribution < 1.29 is 22.5 Å². The number of hydrogen-bond donors (Lipinski definition) is 0. The van der Waals surface area contributed by atoms with Crippen LogP contribution in [0.2, 0.25) is 5.02 Å². The second kappa shape index (κ2) is 9.13. The fraction of sp³-hybridized carbons (Fsp3) is 0.0435. The van der Waals surface area contributed by atoms with E-state index in [0.29, 0.717) is 16.3 Å². The van der Waals surface area contributed by atoms with Gasteiger partial charge in [0.1, 0.15) is 22.6 Å². The number of rotatable bonds is 5. The molecule has 0 aliphatic heterocycles. The minimum atomic E-state index is -4.53. The number of hydrogen-bond acceptors (Lipinski definition) is 6. The summed E-state index contributed by atoms with van der Waals surface area (Å²) in [6, 6.07) is 13.8. The minimum Gasteiger partial charge on any atom is -0.457 e. The van der Waals surface area contributed by atoms with Crippen molar-refractivity contribution in [2.75, 3.05) is 0 Å². The third kappa shape index (κ3) is 4.85. The van der Waals surface area contributed by atoms with Gasteiger partial charge in [0.2, 0.25) is 0 Å². The van der Waals surface area contributed by atoms with Gasteiger partial charge in [0.05, 0.1) is 26.8 Å². The average Bonchev–Trinajstić information content (AvgIpc) is 3.47. The number of halogens is 4. The van der Waals surface area contributed by atoms with Gasteiger partial charge in [0.25, 0.3) is 5.69 Å². The Morgan fingerprint density at radius 2 is 1.91 bits per heavy atom. The maximum absolute atomic E-state index is 13.1. The molecule has 0 fully saturated rings. The van der Waals surface area contributed by atoms with Gasteiger partial charge >= 0.3 is 6.18 Å². The fourth-order valence-corrected chi connectivity index (χ4v) is 4.04. The molecule has 0 bridgehead atoms. The van der Waals surface area contributed by atoms with Crippen LogP contribution in [-0.4, -0.2) is 9.91 Å². The van der Waals surface area contributed by atoms with Crippen LogP contribution < -0.4 is 0 Å². The Kier molecular flexibility index (Phi) is 6.24. The van der Waals surface area contributed by atoms with Crippen LogP contribution >= 0.6 is 22.9 Å². The van der Waals surface area contributed by atoms with Gasteiger partial charge in [-0.15, -0.1) is 11.3 Å². The first-order valence-corrected chi connectivity index (χ1v) is 10.7. The molecule has 4 rings (SSSR count). The van der Waals surface area contributed by atoms with Gasteiger partial charge in [0, 0.05) is 34.7 Å². The Morgan fingerprint density at radius 1 is 1.18 bits per heavy atom. The lowest BCUT2D eigenvalue weighted by Crippen LogP contribution is -2.04. The Bertz CT molecular complexity index is 1450. The molecular weight excluding hydrogens is 491 g/mol. The summed E-state index contributed by atoms with van der Waals surface area (Å²) < 4.78 is 44.8. The molecule has 0 spiro atoms. The molecule has 2 aromatic carbocycles. The van der Waals surface area contributed by atoms with Crippen molar-refractivity contribution in [2.24, 2.45) is 0 Å². The van der Waals surface area contributed by atoms with Gasteiger partial charge in [-0.25, -0.2) is 4.98 Å². The van der Waals surface area contributed by atoms with E-state index in [1.54, 1.807) is 17.5 Å². The Hall–Kier alpha value is -3.94. The number of thiazole rings is 1. The van der Waals surface area contributed by atoms with Crippen LogP contribution in [0.15, 0.2) is 64.4 Å². The van der Waals surface area contributed by atoms with Crippen LogP contribution in [0.25, 0.3) is 34.2 Å². The molecule has 0 N–H and O–H groups in total. The Morgan fingerprint density at radius 3 is 2.56 bits per heavy atom. The van der Waals surface area contributed by atoms with Gasteiger partial charge in [-0.3, -0.25) is 10.1 Å². The molecule has 0 atom stereocenters. The average molecular weight is 502 g/mol. The molecule has 2 aromatic heterocycles. The minimum absolute atomic E-state index is 0.0497. The summed E-state index contributed by atoms with van der Waals surface area (Å²) in [6.45, 7) is 0. The smallest absolute Gasteiger partial charge is 0.416 e. The number of furan rings is 1. The molecule has 0 saturated heterocycles. The van der Waals surface area contributed by atoms with Crippen LogP contribution in [-0.2, 0) is 6.18 Å². The highest BCUT2D eigenvalue weighted by Crippen LogP contribution is 2.37. The number of alkyl halides is 3. The maximum Gasteiger partial charge on any atom is 0.416 e. The summed E-state index contributed by atoms with van der Waals surface area (Å²) in [5.74, 6) is 0.345. The largest absolute Gasteiger partial charge is 0.457 e. The zero-order valence-corrected chi connectivity index (χ0v) is 18.4. The predicted molar refractivity (Wildman–Crippen MR) is 122 cm³/mol. The van der Waals surface area contributed by atoms with E-state index in [9.17, 15) is 28.5 Å². The second-order valence-corrected chi connectivity index (χ2v) is 8.17.